The van der Waals surface area contributed by atoms with Crippen LogP contribution in [0.2, 0.25) is 0 Å². The van der Waals surface area contributed by atoms with Crippen molar-refractivity contribution < 1.29 is 14.4 Å². The number of rotatable bonds is 3. The molecule has 7 heteroatoms. The topological polar surface area (TPSA) is 73.0 Å². The summed E-state index contributed by atoms with van der Waals surface area (Å²) in [5.74, 6) is -0.594. The molecule has 0 bridgehead atoms. The number of benzene rings is 2. The van der Waals surface area contributed by atoms with E-state index in [1.54, 1.807) is 36.9 Å². The van der Waals surface area contributed by atoms with Crippen molar-refractivity contribution >= 4 is 29.2 Å². The van der Waals surface area contributed by atoms with Gasteiger partial charge in [-0.25, -0.2) is 4.79 Å². The molecule has 0 aliphatic carbocycles. The third-order valence-electron chi connectivity index (χ3n) is 5.62. The first kappa shape index (κ1) is 19.9. The minimum atomic E-state index is -0.312. The van der Waals surface area contributed by atoms with E-state index in [9.17, 15) is 14.4 Å². The van der Waals surface area contributed by atoms with Crippen LogP contribution in [-0.2, 0) is 0 Å². The van der Waals surface area contributed by atoms with E-state index in [0.717, 1.165) is 13.1 Å². The van der Waals surface area contributed by atoms with Crippen LogP contribution >= 0.6 is 0 Å². The van der Waals surface area contributed by atoms with Crippen molar-refractivity contribution in [2.75, 3.05) is 36.4 Å². The van der Waals surface area contributed by atoms with Gasteiger partial charge in [-0.2, -0.15) is 0 Å². The van der Waals surface area contributed by atoms with Crippen LogP contribution in [0.15, 0.2) is 42.5 Å². The summed E-state index contributed by atoms with van der Waals surface area (Å²) in [4.78, 5) is 43.0. The fourth-order valence-electron chi connectivity index (χ4n) is 4.00. The standard InChI is InChI=1S/C23H26N4O3/c1-15(2)27-21(28)19-8-7-17(14-20(19)22(27)29)24-23(30)26-11-9-25(10-12-26)18-6-4-5-16(3)13-18/h4-8,13-15H,9-12H2,1-3H3,(H,24,30). The van der Waals surface area contributed by atoms with Gasteiger partial charge in [-0.3, -0.25) is 14.5 Å². The minimum Gasteiger partial charge on any atom is -0.368 e. The number of nitrogens with zero attached hydrogens (tertiary/aromatic N) is 3. The Morgan fingerprint density at radius 1 is 0.933 bits per heavy atom. The number of carbonyl (C=O) groups excluding carboxylic acids is 3. The van der Waals surface area contributed by atoms with Gasteiger partial charge in [0, 0.05) is 43.6 Å². The monoisotopic (exact) mass is 406 g/mol. The molecular weight excluding hydrogens is 380 g/mol. The molecule has 0 radical (unpaired) electrons. The van der Waals surface area contributed by atoms with E-state index in [0.29, 0.717) is 29.9 Å². The molecule has 0 saturated carbocycles. The first-order valence-electron chi connectivity index (χ1n) is 10.2. The summed E-state index contributed by atoms with van der Waals surface area (Å²) >= 11 is 0. The molecule has 2 aliphatic heterocycles. The third-order valence-corrected chi connectivity index (χ3v) is 5.62. The number of nitrogens with one attached hydrogen (secondary N) is 1. The smallest absolute Gasteiger partial charge is 0.321 e. The number of amides is 4. The summed E-state index contributed by atoms with van der Waals surface area (Å²) in [5.41, 5.74) is 3.64. The van der Waals surface area contributed by atoms with Crippen molar-refractivity contribution in [2.45, 2.75) is 26.8 Å². The maximum Gasteiger partial charge on any atom is 0.321 e. The van der Waals surface area contributed by atoms with Gasteiger partial charge in [0.05, 0.1) is 11.1 Å². The van der Waals surface area contributed by atoms with Crippen LogP contribution in [0.1, 0.15) is 40.1 Å². The highest BCUT2D eigenvalue weighted by atomic mass is 16.2. The second-order valence-electron chi connectivity index (χ2n) is 8.08. The summed E-state index contributed by atoms with van der Waals surface area (Å²) in [6.07, 6.45) is 0. The molecular formula is C23H26N4O3. The van der Waals surface area contributed by atoms with Gasteiger partial charge in [-0.1, -0.05) is 12.1 Å². The number of anilines is 2. The molecule has 2 heterocycles. The zero-order valence-electron chi connectivity index (χ0n) is 17.5. The lowest BCUT2D eigenvalue weighted by atomic mass is 10.1. The highest BCUT2D eigenvalue weighted by Crippen LogP contribution is 2.27. The van der Waals surface area contributed by atoms with Crippen LogP contribution in [0.5, 0.6) is 0 Å². The predicted octanol–water partition coefficient (Wildman–Crippen LogP) is 3.35. The molecule has 30 heavy (non-hydrogen) atoms. The SMILES string of the molecule is Cc1cccc(N2CCN(C(=O)Nc3ccc4c(c3)C(=O)N(C(C)C)C4=O)CC2)c1. The number of hydrogen-bond donors (Lipinski definition) is 1. The average Bonchev–Trinajstić information content (AvgIpc) is 2.98. The summed E-state index contributed by atoms with van der Waals surface area (Å²) in [6.45, 7) is 8.44. The van der Waals surface area contributed by atoms with Gasteiger partial charge in [-0.15, -0.1) is 0 Å². The highest BCUT2D eigenvalue weighted by molar-refractivity contribution is 6.22. The van der Waals surface area contributed by atoms with Crippen molar-refractivity contribution in [2.24, 2.45) is 0 Å². The molecule has 2 aliphatic rings. The van der Waals surface area contributed by atoms with Crippen molar-refractivity contribution in [3.63, 3.8) is 0 Å². The molecule has 0 spiro atoms. The lowest BCUT2D eigenvalue weighted by Crippen LogP contribution is -2.50. The summed E-state index contributed by atoms with van der Waals surface area (Å²) in [5, 5.41) is 2.87. The Morgan fingerprint density at radius 3 is 2.30 bits per heavy atom. The normalized spacial score (nSPS) is 16.3. The van der Waals surface area contributed by atoms with Gasteiger partial charge < -0.3 is 15.1 Å². The molecule has 0 atom stereocenters. The van der Waals surface area contributed by atoms with Gasteiger partial charge in [0.1, 0.15) is 0 Å². The predicted molar refractivity (Wildman–Crippen MR) is 116 cm³/mol. The fraction of sp³-hybridized carbons (Fsp3) is 0.348. The molecule has 4 rings (SSSR count). The van der Waals surface area contributed by atoms with Crippen LogP contribution in [0.4, 0.5) is 16.2 Å². The number of urea groups is 1. The molecule has 2 aromatic rings. The quantitative estimate of drug-likeness (QED) is 0.794. The minimum absolute atomic E-state index is 0.198. The van der Waals surface area contributed by atoms with Gasteiger partial charge in [0.2, 0.25) is 0 Å². The molecule has 1 saturated heterocycles. The zero-order valence-corrected chi connectivity index (χ0v) is 17.5. The van der Waals surface area contributed by atoms with Crippen molar-refractivity contribution in [1.29, 1.82) is 0 Å². The molecule has 2 aromatic carbocycles. The first-order valence-corrected chi connectivity index (χ1v) is 10.2. The lowest BCUT2D eigenvalue weighted by molar-refractivity contribution is 0.0609. The van der Waals surface area contributed by atoms with Gasteiger partial charge in [0.15, 0.2) is 0 Å². The highest BCUT2D eigenvalue weighted by Gasteiger charge is 2.37. The molecule has 7 nitrogen and oxygen atoms in total. The number of carbonyl (C=O) groups is 3. The maximum absolute atomic E-state index is 12.7. The Morgan fingerprint density at radius 2 is 1.63 bits per heavy atom. The number of piperazine rings is 1. The Bertz CT molecular complexity index is 1010. The summed E-state index contributed by atoms with van der Waals surface area (Å²) in [7, 11) is 0. The fourth-order valence-corrected chi connectivity index (χ4v) is 4.00. The zero-order chi connectivity index (χ0) is 21.4. The van der Waals surface area contributed by atoms with Crippen molar-refractivity contribution in [1.82, 2.24) is 9.80 Å². The number of fused-ring (bicyclic) bond motifs is 1. The Kier molecular flexibility index (Phi) is 5.20. The van der Waals surface area contributed by atoms with Gasteiger partial charge >= 0.3 is 6.03 Å². The van der Waals surface area contributed by atoms with E-state index < -0.39 is 0 Å². The summed E-state index contributed by atoms with van der Waals surface area (Å²) < 4.78 is 0. The Labute approximate surface area is 176 Å². The van der Waals surface area contributed by atoms with Gasteiger partial charge in [0.25, 0.3) is 11.8 Å². The molecule has 0 unspecified atom stereocenters. The lowest BCUT2D eigenvalue weighted by Gasteiger charge is -2.36. The van der Waals surface area contributed by atoms with Crippen molar-refractivity contribution in [3.8, 4) is 0 Å². The number of imide groups is 1. The van der Waals surface area contributed by atoms with Crippen LogP contribution in [0, 0.1) is 6.92 Å². The Balaban J connectivity index is 1.40. The second kappa shape index (κ2) is 7.82. The van der Waals surface area contributed by atoms with Crippen LogP contribution in [-0.4, -0.2) is 59.9 Å². The Hall–Kier alpha value is -3.35. The van der Waals surface area contributed by atoms with E-state index in [4.69, 9.17) is 0 Å². The van der Waals surface area contributed by atoms with E-state index in [2.05, 4.69) is 35.3 Å². The van der Waals surface area contributed by atoms with E-state index in [-0.39, 0.29) is 23.9 Å². The maximum atomic E-state index is 12.7. The van der Waals surface area contributed by atoms with E-state index >= 15 is 0 Å². The molecule has 0 aromatic heterocycles. The molecule has 4 amide bonds. The van der Waals surface area contributed by atoms with Crippen molar-refractivity contribution in [3.05, 3.63) is 59.2 Å². The second-order valence-corrected chi connectivity index (χ2v) is 8.08. The summed E-state index contributed by atoms with van der Waals surface area (Å²) in [6, 6.07) is 12.8. The molecule has 1 N–H and O–H groups in total. The molecule has 1 fully saturated rings. The van der Waals surface area contributed by atoms with E-state index in [1.165, 1.54) is 16.2 Å². The largest absolute Gasteiger partial charge is 0.368 e. The molecule has 156 valence electrons. The van der Waals surface area contributed by atoms with E-state index in [1.807, 2.05) is 6.07 Å². The van der Waals surface area contributed by atoms with Crippen LogP contribution < -0.4 is 10.2 Å². The van der Waals surface area contributed by atoms with Crippen LogP contribution in [0.3, 0.4) is 0 Å². The third kappa shape index (κ3) is 3.63. The number of aryl methyl sites for hydroxylation is 1. The first-order chi connectivity index (χ1) is 14.3. The average molecular weight is 406 g/mol. The van der Waals surface area contributed by atoms with Crippen LogP contribution in [0.25, 0.3) is 0 Å². The number of hydrogen-bond acceptors (Lipinski definition) is 4. The van der Waals surface area contributed by atoms with Gasteiger partial charge in [-0.05, 0) is 56.7 Å².